The van der Waals surface area contributed by atoms with Gasteiger partial charge in [-0.1, -0.05) is 18.2 Å². The smallest absolute Gasteiger partial charge is 0.255 e. The molecular formula is C24H20FN3O. The molecule has 0 aliphatic rings. The summed E-state index contributed by atoms with van der Waals surface area (Å²) in [6.45, 7) is 4.12. The SMILES string of the molecule is Cc1ccc(C)n1-c1cccnc1-c1ccc(C(=O)Nc2cccc(F)c2)cc1. The van der Waals surface area contributed by atoms with E-state index in [1.165, 1.54) is 12.1 Å². The van der Waals surface area contributed by atoms with Gasteiger partial charge in [-0.25, -0.2) is 4.39 Å². The van der Waals surface area contributed by atoms with Crippen LogP contribution in [0.1, 0.15) is 21.7 Å². The standard InChI is InChI=1S/C24H20FN3O/c1-16-8-9-17(2)28(16)22-7-4-14-26-23(22)18-10-12-19(13-11-18)24(29)27-21-6-3-5-20(25)15-21/h3-15H,1-2H3,(H,27,29). The Bertz CT molecular complexity index is 1160. The molecule has 0 aliphatic carbocycles. The van der Waals surface area contributed by atoms with Crippen molar-refractivity contribution in [1.82, 2.24) is 9.55 Å². The summed E-state index contributed by atoms with van der Waals surface area (Å²) in [6, 6.07) is 21.2. The summed E-state index contributed by atoms with van der Waals surface area (Å²) in [6.07, 6.45) is 1.76. The topological polar surface area (TPSA) is 46.9 Å². The van der Waals surface area contributed by atoms with Crippen molar-refractivity contribution in [1.29, 1.82) is 0 Å². The number of nitrogens with one attached hydrogen (secondary N) is 1. The normalized spacial score (nSPS) is 10.7. The van der Waals surface area contributed by atoms with Crippen molar-refractivity contribution in [2.75, 3.05) is 5.32 Å². The van der Waals surface area contributed by atoms with Gasteiger partial charge in [-0.2, -0.15) is 0 Å². The monoisotopic (exact) mass is 385 g/mol. The molecule has 2 heterocycles. The Morgan fingerprint density at radius 2 is 1.66 bits per heavy atom. The van der Waals surface area contributed by atoms with Crippen LogP contribution in [0.4, 0.5) is 10.1 Å². The van der Waals surface area contributed by atoms with E-state index in [-0.39, 0.29) is 5.91 Å². The third-order valence-corrected chi connectivity index (χ3v) is 4.80. The Hall–Kier alpha value is -3.73. The second-order valence-electron chi connectivity index (χ2n) is 6.86. The van der Waals surface area contributed by atoms with E-state index in [1.54, 1.807) is 30.5 Å². The Balaban J connectivity index is 1.63. The fourth-order valence-corrected chi connectivity index (χ4v) is 3.40. The van der Waals surface area contributed by atoms with Crippen molar-refractivity contribution in [3.8, 4) is 16.9 Å². The molecule has 0 bridgehead atoms. The molecule has 4 rings (SSSR count). The first-order valence-corrected chi connectivity index (χ1v) is 9.30. The fourth-order valence-electron chi connectivity index (χ4n) is 3.40. The summed E-state index contributed by atoms with van der Waals surface area (Å²) < 4.78 is 15.5. The number of carbonyl (C=O) groups is 1. The van der Waals surface area contributed by atoms with Crippen molar-refractivity contribution in [2.24, 2.45) is 0 Å². The minimum atomic E-state index is -0.392. The highest BCUT2D eigenvalue weighted by molar-refractivity contribution is 6.04. The lowest BCUT2D eigenvalue weighted by Gasteiger charge is -2.14. The van der Waals surface area contributed by atoms with Crippen LogP contribution in [-0.4, -0.2) is 15.5 Å². The molecule has 4 aromatic rings. The van der Waals surface area contributed by atoms with Crippen molar-refractivity contribution in [3.63, 3.8) is 0 Å². The molecule has 0 atom stereocenters. The van der Waals surface area contributed by atoms with Crippen molar-refractivity contribution >= 4 is 11.6 Å². The van der Waals surface area contributed by atoms with Crippen LogP contribution in [0.5, 0.6) is 0 Å². The molecule has 0 saturated heterocycles. The lowest BCUT2D eigenvalue weighted by atomic mass is 10.1. The first-order valence-electron chi connectivity index (χ1n) is 9.30. The molecule has 0 fully saturated rings. The lowest BCUT2D eigenvalue weighted by Crippen LogP contribution is -2.11. The molecule has 0 aliphatic heterocycles. The first-order chi connectivity index (χ1) is 14.0. The Morgan fingerprint density at radius 3 is 2.34 bits per heavy atom. The predicted octanol–water partition coefficient (Wildman–Crippen LogP) is 5.55. The van der Waals surface area contributed by atoms with Crippen LogP contribution < -0.4 is 5.32 Å². The second kappa shape index (κ2) is 7.72. The molecule has 144 valence electrons. The molecule has 1 amide bonds. The highest BCUT2D eigenvalue weighted by atomic mass is 19.1. The van der Waals surface area contributed by atoms with Crippen LogP contribution in [0.2, 0.25) is 0 Å². The van der Waals surface area contributed by atoms with Gasteiger partial charge in [0.25, 0.3) is 5.91 Å². The average Bonchev–Trinajstić information content (AvgIpc) is 3.06. The fraction of sp³-hybridized carbons (Fsp3) is 0.0833. The van der Waals surface area contributed by atoms with Crippen LogP contribution in [0.15, 0.2) is 79.0 Å². The van der Waals surface area contributed by atoms with E-state index in [1.807, 2.05) is 24.3 Å². The number of amides is 1. The number of hydrogen-bond donors (Lipinski definition) is 1. The molecule has 0 unspecified atom stereocenters. The lowest BCUT2D eigenvalue weighted by molar-refractivity contribution is 0.102. The third-order valence-electron chi connectivity index (χ3n) is 4.80. The van der Waals surface area contributed by atoms with E-state index in [4.69, 9.17) is 0 Å². The maximum atomic E-state index is 13.3. The van der Waals surface area contributed by atoms with E-state index in [2.05, 4.69) is 40.8 Å². The maximum absolute atomic E-state index is 13.3. The number of hydrogen-bond acceptors (Lipinski definition) is 2. The predicted molar refractivity (Wildman–Crippen MR) is 113 cm³/mol. The summed E-state index contributed by atoms with van der Waals surface area (Å²) in [5.74, 6) is -0.683. The number of anilines is 1. The van der Waals surface area contributed by atoms with Crippen LogP contribution in [-0.2, 0) is 0 Å². The van der Waals surface area contributed by atoms with Crippen molar-refractivity contribution in [3.05, 3.63) is 102 Å². The first kappa shape index (κ1) is 18.6. The second-order valence-corrected chi connectivity index (χ2v) is 6.86. The van der Waals surface area contributed by atoms with E-state index >= 15 is 0 Å². The van der Waals surface area contributed by atoms with Crippen LogP contribution in [0.3, 0.4) is 0 Å². The summed E-state index contributed by atoms with van der Waals surface area (Å²) in [7, 11) is 0. The molecule has 2 aromatic heterocycles. The molecule has 4 nitrogen and oxygen atoms in total. The number of aryl methyl sites for hydroxylation is 2. The number of pyridine rings is 1. The van der Waals surface area contributed by atoms with E-state index in [0.717, 1.165) is 28.3 Å². The molecule has 0 spiro atoms. The molecule has 1 N–H and O–H groups in total. The molecule has 0 radical (unpaired) electrons. The highest BCUT2D eigenvalue weighted by Crippen LogP contribution is 2.27. The highest BCUT2D eigenvalue weighted by Gasteiger charge is 2.13. The number of aromatic nitrogens is 2. The van der Waals surface area contributed by atoms with Gasteiger partial charge in [-0.15, -0.1) is 0 Å². The zero-order chi connectivity index (χ0) is 20.4. The van der Waals surface area contributed by atoms with Gasteiger partial charge in [0.05, 0.1) is 11.4 Å². The number of carbonyl (C=O) groups excluding carboxylic acids is 1. The average molecular weight is 385 g/mol. The summed E-state index contributed by atoms with van der Waals surface area (Å²) in [5, 5.41) is 2.71. The van der Waals surface area contributed by atoms with Crippen LogP contribution in [0, 0.1) is 19.7 Å². The van der Waals surface area contributed by atoms with Crippen molar-refractivity contribution < 1.29 is 9.18 Å². The van der Waals surface area contributed by atoms with E-state index < -0.39 is 5.82 Å². The largest absolute Gasteiger partial charge is 0.322 e. The molecule has 29 heavy (non-hydrogen) atoms. The summed E-state index contributed by atoms with van der Waals surface area (Å²) in [5.41, 5.74) is 5.91. The van der Waals surface area contributed by atoms with Crippen LogP contribution in [0.25, 0.3) is 16.9 Å². The van der Waals surface area contributed by atoms with Gasteiger partial charge in [0, 0.05) is 34.4 Å². The van der Waals surface area contributed by atoms with Gasteiger partial charge >= 0.3 is 0 Å². The maximum Gasteiger partial charge on any atom is 0.255 e. The number of halogens is 1. The Kier molecular flexibility index (Phi) is 4.96. The Labute approximate surface area is 168 Å². The van der Waals surface area contributed by atoms with E-state index in [0.29, 0.717) is 11.3 Å². The molecule has 2 aromatic carbocycles. The summed E-state index contributed by atoms with van der Waals surface area (Å²) >= 11 is 0. The minimum absolute atomic E-state index is 0.291. The quantitative estimate of drug-likeness (QED) is 0.501. The zero-order valence-electron chi connectivity index (χ0n) is 16.2. The van der Waals surface area contributed by atoms with E-state index in [9.17, 15) is 9.18 Å². The van der Waals surface area contributed by atoms with Crippen LogP contribution >= 0.6 is 0 Å². The minimum Gasteiger partial charge on any atom is -0.322 e. The Morgan fingerprint density at radius 1 is 0.931 bits per heavy atom. The number of benzene rings is 2. The zero-order valence-corrected chi connectivity index (χ0v) is 16.2. The molecular weight excluding hydrogens is 365 g/mol. The summed E-state index contributed by atoms with van der Waals surface area (Å²) in [4.78, 5) is 17.0. The van der Waals surface area contributed by atoms with Gasteiger partial charge < -0.3 is 9.88 Å². The van der Waals surface area contributed by atoms with Gasteiger partial charge in [-0.3, -0.25) is 9.78 Å². The molecule has 0 saturated carbocycles. The molecule has 5 heteroatoms. The van der Waals surface area contributed by atoms with Gasteiger partial charge in [-0.05, 0) is 68.4 Å². The van der Waals surface area contributed by atoms with Gasteiger partial charge in [0.2, 0.25) is 0 Å². The van der Waals surface area contributed by atoms with Crippen molar-refractivity contribution in [2.45, 2.75) is 13.8 Å². The van der Waals surface area contributed by atoms with Gasteiger partial charge in [0.15, 0.2) is 0 Å². The third kappa shape index (κ3) is 3.80. The number of rotatable bonds is 4. The number of nitrogens with zero attached hydrogens (tertiary/aromatic N) is 2. The van der Waals surface area contributed by atoms with Gasteiger partial charge in [0.1, 0.15) is 5.82 Å².